The van der Waals surface area contributed by atoms with Gasteiger partial charge >= 0.3 is 0 Å². The molecule has 0 saturated heterocycles. The van der Waals surface area contributed by atoms with Gasteiger partial charge in [0.05, 0.1) is 0 Å². The van der Waals surface area contributed by atoms with Crippen molar-refractivity contribution in [3.05, 3.63) is 239 Å². The molecule has 5 aliphatic carbocycles. The molecule has 0 nitrogen and oxygen atoms in total. The highest BCUT2D eigenvalue weighted by Crippen LogP contribution is 2.60. The van der Waals surface area contributed by atoms with Gasteiger partial charge < -0.3 is 0 Å². The molecule has 2 fully saturated rings. The first kappa shape index (κ1) is 39.2. The number of fused-ring (bicyclic) bond motifs is 12. The lowest BCUT2D eigenvalue weighted by Crippen LogP contribution is -2.22. The first-order chi connectivity index (χ1) is 33.0. The summed E-state index contributed by atoms with van der Waals surface area (Å²) >= 11 is 0. The van der Waals surface area contributed by atoms with Crippen LogP contribution in [-0.4, -0.2) is 0 Å². The molecular formula is C67H54. The molecule has 2 saturated carbocycles. The van der Waals surface area contributed by atoms with E-state index in [1.807, 2.05) is 0 Å². The molecule has 1 unspecified atom stereocenters. The van der Waals surface area contributed by atoms with Crippen LogP contribution in [0.15, 0.2) is 200 Å². The first-order valence-electron chi connectivity index (χ1n) is 25.0. The lowest BCUT2D eigenvalue weighted by molar-refractivity contribution is 0.550. The van der Waals surface area contributed by atoms with Gasteiger partial charge in [0.1, 0.15) is 0 Å². The largest absolute Gasteiger partial charge is 0.0660 e. The minimum atomic E-state index is -0.175. The SMILES string of the molecule is CC1(c2ccccc2)C=C(c2ccc3c(-c4ccc5c(c4)C4(CCCC4)c4ccccc4-5)c4ccccc4c(-c4ccc5c(c4)C4(CCCC4)c4ccccc4-5)c3c2)C=C(c2ccccc2)C1. The topological polar surface area (TPSA) is 0 Å². The normalized spacial score (nSPS) is 19.4. The molecule has 1 atom stereocenters. The number of hydrogen-bond acceptors (Lipinski definition) is 0. The number of hydrogen-bond donors (Lipinski definition) is 0. The summed E-state index contributed by atoms with van der Waals surface area (Å²) < 4.78 is 0. The second-order valence-electron chi connectivity index (χ2n) is 20.8. The average Bonchev–Trinajstić information content (AvgIpc) is 4.20. The van der Waals surface area contributed by atoms with Gasteiger partial charge in [0, 0.05) is 16.2 Å². The number of benzene rings is 9. The van der Waals surface area contributed by atoms with Crippen LogP contribution in [0.3, 0.4) is 0 Å². The van der Waals surface area contributed by atoms with E-state index in [0.29, 0.717) is 0 Å². The lowest BCUT2D eigenvalue weighted by Gasteiger charge is -2.33. The van der Waals surface area contributed by atoms with Crippen LogP contribution in [0.2, 0.25) is 0 Å². The van der Waals surface area contributed by atoms with Crippen molar-refractivity contribution in [2.24, 2.45) is 0 Å². The predicted molar refractivity (Wildman–Crippen MR) is 283 cm³/mol. The third-order valence-corrected chi connectivity index (χ3v) is 17.3. The molecule has 5 aliphatic rings. The first-order valence-corrected chi connectivity index (χ1v) is 25.0. The van der Waals surface area contributed by atoms with Crippen LogP contribution >= 0.6 is 0 Å². The molecule has 0 bridgehead atoms. The van der Waals surface area contributed by atoms with E-state index in [0.717, 1.165) is 6.42 Å². The van der Waals surface area contributed by atoms with E-state index in [9.17, 15) is 0 Å². The van der Waals surface area contributed by atoms with Crippen molar-refractivity contribution in [1.82, 2.24) is 0 Å². The Labute approximate surface area is 395 Å². The van der Waals surface area contributed by atoms with E-state index in [4.69, 9.17) is 0 Å². The van der Waals surface area contributed by atoms with E-state index in [1.54, 1.807) is 5.56 Å². The zero-order valence-corrected chi connectivity index (χ0v) is 38.4. The fourth-order valence-electron chi connectivity index (χ4n) is 14.3. The van der Waals surface area contributed by atoms with E-state index >= 15 is 0 Å². The lowest BCUT2D eigenvalue weighted by atomic mass is 9.70. The maximum absolute atomic E-state index is 2.63. The Morgan fingerprint density at radius 1 is 0.358 bits per heavy atom. The highest BCUT2D eigenvalue weighted by molar-refractivity contribution is 6.22. The summed E-state index contributed by atoms with van der Waals surface area (Å²) in [5.41, 5.74) is 23.8. The molecule has 67 heavy (non-hydrogen) atoms. The van der Waals surface area contributed by atoms with Crippen molar-refractivity contribution in [1.29, 1.82) is 0 Å². The van der Waals surface area contributed by atoms with Crippen molar-refractivity contribution >= 4 is 32.7 Å². The summed E-state index contributed by atoms with van der Waals surface area (Å²) in [7, 11) is 0. The highest BCUT2D eigenvalue weighted by Gasteiger charge is 2.46. The summed E-state index contributed by atoms with van der Waals surface area (Å²) in [6.45, 7) is 2.43. The maximum atomic E-state index is 2.63. The van der Waals surface area contributed by atoms with Gasteiger partial charge in [-0.2, -0.15) is 0 Å². The molecule has 0 N–H and O–H groups in total. The number of allylic oxidation sites excluding steroid dienone is 4. The quantitative estimate of drug-likeness (QED) is 0.151. The third-order valence-electron chi connectivity index (χ3n) is 17.3. The van der Waals surface area contributed by atoms with Crippen LogP contribution in [0.25, 0.3) is 77.2 Å². The Morgan fingerprint density at radius 3 is 1.40 bits per heavy atom. The second kappa shape index (κ2) is 14.7. The zero-order chi connectivity index (χ0) is 44.3. The van der Waals surface area contributed by atoms with Crippen LogP contribution in [0.1, 0.15) is 104 Å². The van der Waals surface area contributed by atoms with Crippen molar-refractivity contribution in [3.63, 3.8) is 0 Å². The van der Waals surface area contributed by atoms with Gasteiger partial charge in [-0.1, -0.05) is 215 Å². The predicted octanol–water partition coefficient (Wildman–Crippen LogP) is 17.8. The molecule has 0 heteroatoms. The van der Waals surface area contributed by atoms with Gasteiger partial charge in [0.25, 0.3) is 0 Å². The van der Waals surface area contributed by atoms with Gasteiger partial charge in [0.2, 0.25) is 0 Å². The minimum Gasteiger partial charge on any atom is -0.0660 e. The summed E-state index contributed by atoms with van der Waals surface area (Å²) in [6.07, 6.45) is 16.0. The molecular weight excluding hydrogens is 805 g/mol. The van der Waals surface area contributed by atoms with Gasteiger partial charge in [-0.15, -0.1) is 0 Å². The van der Waals surface area contributed by atoms with E-state index in [1.165, 1.54) is 162 Å². The van der Waals surface area contributed by atoms with Crippen LogP contribution < -0.4 is 0 Å². The maximum Gasteiger partial charge on any atom is 0.0215 e. The Balaban J connectivity index is 1.04. The van der Waals surface area contributed by atoms with Crippen molar-refractivity contribution in [2.75, 3.05) is 0 Å². The van der Waals surface area contributed by atoms with Gasteiger partial charge in [-0.05, 0) is 166 Å². The molecule has 0 radical (unpaired) electrons. The van der Waals surface area contributed by atoms with Gasteiger partial charge in [-0.3, -0.25) is 0 Å². The van der Waals surface area contributed by atoms with Crippen LogP contribution in [0, 0.1) is 0 Å². The van der Waals surface area contributed by atoms with E-state index < -0.39 is 0 Å². The second-order valence-corrected chi connectivity index (χ2v) is 20.8. The minimum absolute atomic E-state index is 0.0876. The Kier molecular flexibility index (Phi) is 8.62. The molecule has 9 aromatic carbocycles. The van der Waals surface area contributed by atoms with Crippen molar-refractivity contribution in [2.45, 2.75) is 81.0 Å². The monoisotopic (exact) mass is 858 g/mol. The molecule has 322 valence electrons. The van der Waals surface area contributed by atoms with Gasteiger partial charge in [0.15, 0.2) is 0 Å². The highest BCUT2D eigenvalue weighted by atomic mass is 14.5. The summed E-state index contributed by atoms with van der Waals surface area (Å²) in [6, 6.07) is 72.7. The molecule has 0 aromatic heterocycles. The van der Waals surface area contributed by atoms with Crippen molar-refractivity contribution < 1.29 is 0 Å². The molecule has 0 heterocycles. The molecule has 14 rings (SSSR count). The molecule has 0 amide bonds. The summed E-state index contributed by atoms with van der Waals surface area (Å²) in [5, 5.41) is 5.30. The number of rotatable bonds is 5. The molecule has 9 aromatic rings. The standard InChI is InChI=1S/C67H54/c1-65(50-20-6-3-7-21-50)42-48(44-18-4-2-5-19-44)38-49(43-65)45-28-33-57-58(39-45)64(47-30-32-54-52-23-11-13-27-60(52)67(62(54)41-47)36-16-17-37-67)56-25-9-8-24-55(56)63(57)46-29-31-53-51-22-10-12-26-59(51)66(61(53)40-46)34-14-15-35-66/h2-13,18-33,38-41,43H,14-17,34-37,42H2,1H3. The Bertz CT molecular complexity index is 3550. The fraction of sp³-hybridized carbons (Fsp3) is 0.194. The summed E-state index contributed by atoms with van der Waals surface area (Å²) in [5.74, 6) is 0. The Morgan fingerprint density at radius 2 is 0.821 bits per heavy atom. The molecule has 2 spiro atoms. The molecule has 0 aliphatic heterocycles. The summed E-state index contributed by atoms with van der Waals surface area (Å²) in [4.78, 5) is 0. The van der Waals surface area contributed by atoms with E-state index in [-0.39, 0.29) is 16.2 Å². The smallest absolute Gasteiger partial charge is 0.0215 e. The average molecular weight is 859 g/mol. The van der Waals surface area contributed by atoms with Crippen molar-refractivity contribution in [3.8, 4) is 44.5 Å². The van der Waals surface area contributed by atoms with Crippen LogP contribution in [-0.2, 0) is 16.2 Å². The van der Waals surface area contributed by atoms with E-state index in [2.05, 4.69) is 207 Å². The van der Waals surface area contributed by atoms with Crippen LogP contribution in [0.5, 0.6) is 0 Å². The fourth-order valence-corrected chi connectivity index (χ4v) is 14.3. The van der Waals surface area contributed by atoms with Gasteiger partial charge in [-0.25, -0.2) is 0 Å². The van der Waals surface area contributed by atoms with Crippen LogP contribution in [0.4, 0.5) is 0 Å². The Hall–Kier alpha value is -7.02. The zero-order valence-electron chi connectivity index (χ0n) is 38.4. The third kappa shape index (κ3) is 5.72.